The number of halogens is 1. The van der Waals surface area contributed by atoms with Gasteiger partial charge in [-0.15, -0.1) is 0 Å². The van der Waals surface area contributed by atoms with Crippen molar-refractivity contribution in [2.24, 2.45) is 0 Å². The zero-order valence-electron chi connectivity index (χ0n) is 20.7. The number of imidazole rings is 1. The van der Waals surface area contributed by atoms with Gasteiger partial charge in [0.15, 0.2) is 11.2 Å². The number of aromatic nitrogens is 4. The topological polar surface area (TPSA) is 103 Å². The number of rotatable bonds is 11. The van der Waals surface area contributed by atoms with Crippen molar-refractivity contribution in [3.8, 4) is 23.0 Å². The van der Waals surface area contributed by atoms with Crippen LogP contribution in [0.5, 0.6) is 11.6 Å². The van der Waals surface area contributed by atoms with E-state index in [1.165, 1.54) is 6.33 Å². The van der Waals surface area contributed by atoms with Crippen LogP contribution in [-0.4, -0.2) is 67.8 Å². The van der Waals surface area contributed by atoms with Crippen LogP contribution in [0.1, 0.15) is 25.3 Å². The maximum Gasteiger partial charge on any atom is 0.317 e. The number of nitrogens with zero attached hydrogens (tertiary/aromatic N) is 5. The highest BCUT2D eigenvalue weighted by Crippen LogP contribution is 2.41. The molecule has 1 aliphatic rings. The lowest BCUT2D eigenvalue weighted by Crippen LogP contribution is -2.29. The van der Waals surface area contributed by atoms with Crippen molar-refractivity contribution in [1.29, 1.82) is 0 Å². The number of carbonyl (C=O) groups is 1. The van der Waals surface area contributed by atoms with E-state index < -0.39 is 5.97 Å². The Hall–Kier alpha value is -3.69. The molecule has 5 rings (SSSR count). The predicted octanol–water partition coefficient (Wildman–Crippen LogP) is 4.52. The van der Waals surface area contributed by atoms with Crippen LogP contribution in [0.25, 0.3) is 22.6 Å². The second-order valence-electron chi connectivity index (χ2n) is 9.53. The number of hydrogen-bond acceptors (Lipinski definition) is 7. The molecule has 2 heterocycles. The van der Waals surface area contributed by atoms with E-state index in [1.54, 1.807) is 18.0 Å². The third kappa shape index (κ3) is 5.84. The monoisotopic (exact) mass is 521 g/mol. The zero-order chi connectivity index (χ0) is 26.0. The van der Waals surface area contributed by atoms with Crippen molar-refractivity contribution >= 4 is 28.7 Å². The minimum atomic E-state index is -0.877. The second-order valence-corrected chi connectivity index (χ2v) is 9.94. The van der Waals surface area contributed by atoms with Gasteiger partial charge >= 0.3 is 5.97 Å². The van der Waals surface area contributed by atoms with Crippen molar-refractivity contribution < 1.29 is 19.4 Å². The fraction of sp³-hybridized carbons (Fsp3) is 0.333. The number of benzene rings is 2. The highest BCUT2D eigenvalue weighted by atomic mass is 35.5. The normalized spacial score (nSPS) is 14.2. The number of carboxylic acid groups (broad SMARTS) is 1. The molecule has 0 spiro atoms. The van der Waals surface area contributed by atoms with Gasteiger partial charge < -0.3 is 19.1 Å². The van der Waals surface area contributed by atoms with Crippen molar-refractivity contribution in [2.45, 2.75) is 31.9 Å². The van der Waals surface area contributed by atoms with Gasteiger partial charge in [-0.2, -0.15) is 4.98 Å². The second kappa shape index (κ2) is 10.4. The molecule has 4 aromatic rings. The minimum Gasteiger partial charge on any atom is -0.492 e. The maximum absolute atomic E-state index is 10.8. The van der Waals surface area contributed by atoms with E-state index in [4.69, 9.17) is 31.2 Å². The summed E-state index contributed by atoms with van der Waals surface area (Å²) in [5, 5.41) is 9.37. The summed E-state index contributed by atoms with van der Waals surface area (Å²) in [6.45, 7) is 3.37. The van der Waals surface area contributed by atoms with Crippen LogP contribution in [0.2, 0.25) is 5.02 Å². The quantitative estimate of drug-likeness (QED) is 0.307. The van der Waals surface area contributed by atoms with E-state index >= 15 is 0 Å². The molecule has 0 unspecified atom stereocenters. The summed E-state index contributed by atoms with van der Waals surface area (Å²) < 4.78 is 14.0. The van der Waals surface area contributed by atoms with E-state index in [9.17, 15) is 4.79 Å². The molecule has 0 bridgehead atoms. The summed E-state index contributed by atoms with van der Waals surface area (Å²) in [6, 6.07) is 15.5. The summed E-state index contributed by atoms with van der Waals surface area (Å²) in [4.78, 5) is 26.4. The number of aliphatic carboxylic acids is 1. The van der Waals surface area contributed by atoms with Crippen LogP contribution in [-0.2, 0) is 11.3 Å². The maximum atomic E-state index is 10.8. The van der Waals surface area contributed by atoms with Crippen LogP contribution >= 0.6 is 11.6 Å². The molecule has 2 aromatic heterocycles. The molecule has 9 nitrogen and oxygen atoms in total. The molecule has 1 N–H and O–H groups in total. The fourth-order valence-electron chi connectivity index (χ4n) is 4.02. The van der Waals surface area contributed by atoms with Gasteiger partial charge in [-0.05, 0) is 50.6 Å². The van der Waals surface area contributed by atoms with Crippen LogP contribution in [0.15, 0.2) is 54.9 Å². The van der Waals surface area contributed by atoms with Crippen molar-refractivity contribution in [3.05, 3.63) is 65.4 Å². The SMILES string of the molecule is CN(CCOc1ccc(-c2nc3c(OC4(C)CC4)ncnc3n2Cc2ccccc2)c(Cl)c1)CC(=O)O. The van der Waals surface area contributed by atoms with Crippen LogP contribution in [0.4, 0.5) is 0 Å². The largest absolute Gasteiger partial charge is 0.492 e. The van der Waals surface area contributed by atoms with Gasteiger partial charge in [0, 0.05) is 12.1 Å². The van der Waals surface area contributed by atoms with Gasteiger partial charge in [0.05, 0.1) is 18.1 Å². The van der Waals surface area contributed by atoms with E-state index in [1.807, 2.05) is 34.9 Å². The zero-order valence-corrected chi connectivity index (χ0v) is 21.5. The van der Waals surface area contributed by atoms with Crippen LogP contribution < -0.4 is 9.47 Å². The molecule has 2 aromatic carbocycles. The first-order valence-electron chi connectivity index (χ1n) is 12.1. The van der Waals surface area contributed by atoms with Crippen LogP contribution in [0.3, 0.4) is 0 Å². The molecule has 1 saturated carbocycles. The molecule has 0 atom stereocenters. The van der Waals surface area contributed by atoms with Gasteiger partial charge in [0.1, 0.15) is 30.1 Å². The van der Waals surface area contributed by atoms with Gasteiger partial charge in [0.25, 0.3) is 0 Å². The van der Waals surface area contributed by atoms with Crippen molar-refractivity contribution in [1.82, 2.24) is 24.4 Å². The molecule has 37 heavy (non-hydrogen) atoms. The molecule has 10 heteroatoms. The first-order valence-corrected chi connectivity index (χ1v) is 12.5. The Bertz CT molecular complexity index is 1420. The molecule has 1 aliphatic carbocycles. The fourth-order valence-corrected chi connectivity index (χ4v) is 4.27. The summed E-state index contributed by atoms with van der Waals surface area (Å²) in [5.74, 6) is 0.842. The van der Waals surface area contributed by atoms with Crippen molar-refractivity contribution in [2.75, 3.05) is 26.7 Å². The van der Waals surface area contributed by atoms with Crippen molar-refractivity contribution in [3.63, 3.8) is 0 Å². The van der Waals surface area contributed by atoms with Gasteiger partial charge in [-0.25, -0.2) is 9.97 Å². The average molecular weight is 522 g/mol. The van der Waals surface area contributed by atoms with Gasteiger partial charge in [-0.3, -0.25) is 9.69 Å². The first-order chi connectivity index (χ1) is 17.8. The first kappa shape index (κ1) is 25.0. The van der Waals surface area contributed by atoms with Crippen LogP contribution in [0, 0.1) is 0 Å². The number of likely N-dealkylation sites (N-methyl/N-ethyl adjacent to an activating group) is 1. The third-order valence-corrected chi connectivity index (χ3v) is 6.62. The molecule has 0 radical (unpaired) electrons. The number of fused-ring (bicyclic) bond motifs is 1. The van der Waals surface area contributed by atoms with E-state index in [0.717, 1.165) is 24.0 Å². The average Bonchev–Trinajstić information content (AvgIpc) is 3.47. The molecule has 0 saturated heterocycles. The summed E-state index contributed by atoms with van der Waals surface area (Å²) in [6.07, 6.45) is 3.47. The standard InChI is InChI=1S/C27H28ClN5O4/c1-27(10-11-27)37-26-23-25(29-17-30-26)33(15-18-6-4-3-5-7-18)24(31-23)20-9-8-19(14-21(20)28)36-13-12-32(2)16-22(34)35/h3-9,14,17H,10-13,15-16H2,1-2H3,(H,34,35). The Labute approximate surface area is 219 Å². The van der Waals surface area contributed by atoms with Gasteiger partial charge in [-0.1, -0.05) is 41.9 Å². The Morgan fingerprint density at radius 1 is 1.19 bits per heavy atom. The molecule has 0 amide bonds. The number of ether oxygens (including phenoxy) is 2. The Balaban J connectivity index is 1.47. The summed E-state index contributed by atoms with van der Waals surface area (Å²) in [5.41, 5.74) is 2.89. The van der Waals surface area contributed by atoms with E-state index in [2.05, 4.69) is 29.0 Å². The lowest BCUT2D eigenvalue weighted by Gasteiger charge is -2.15. The molecule has 1 fully saturated rings. The summed E-state index contributed by atoms with van der Waals surface area (Å²) in [7, 11) is 1.73. The lowest BCUT2D eigenvalue weighted by molar-refractivity contribution is -0.138. The summed E-state index contributed by atoms with van der Waals surface area (Å²) >= 11 is 6.74. The Kier molecular flexibility index (Phi) is 6.99. The Morgan fingerprint density at radius 3 is 2.68 bits per heavy atom. The molecular weight excluding hydrogens is 494 g/mol. The predicted molar refractivity (Wildman–Crippen MR) is 140 cm³/mol. The van der Waals surface area contributed by atoms with E-state index in [0.29, 0.717) is 53.3 Å². The molecular formula is C27H28ClN5O4. The molecule has 0 aliphatic heterocycles. The number of hydrogen-bond donors (Lipinski definition) is 1. The molecule has 192 valence electrons. The van der Waals surface area contributed by atoms with Gasteiger partial charge in [0.2, 0.25) is 5.88 Å². The van der Waals surface area contributed by atoms with E-state index in [-0.39, 0.29) is 12.1 Å². The third-order valence-electron chi connectivity index (χ3n) is 6.31. The highest BCUT2D eigenvalue weighted by Gasteiger charge is 2.41. The lowest BCUT2D eigenvalue weighted by atomic mass is 10.2. The smallest absolute Gasteiger partial charge is 0.317 e. The minimum absolute atomic E-state index is 0.0472. The number of carboxylic acids is 1. The Morgan fingerprint density at radius 2 is 1.97 bits per heavy atom. The highest BCUT2D eigenvalue weighted by molar-refractivity contribution is 6.33.